The summed E-state index contributed by atoms with van der Waals surface area (Å²) < 4.78 is 26.8. The molecular weight excluding hydrogens is 198 g/mol. The quantitative estimate of drug-likeness (QED) is 0.693. The Bertz CT molecular complexity index is 461. The lowest BCUT2D eigenvalue weighted by molar-refractivity contribution is -0.113. The minimum Gasteiger partial charge on any atom is -0.294 e. The van der Waals surface area contributed by atoms with Gasteiger partial charge in [0, 0.05) is 17.6 Å². The summed E-state index contributed by atoms with van der Waals surface area (Å²) in [5.74, 6) is -1.90. The van der Waals surface area contributed by atoms with Crippen LogP contribution < -0.4 is 0 Å². The number of hydrogen-bond acceptors (Lipinski definition) is 1. The maximum atomic E-state index is 13.5. The molecule has 0 saturated carbocycles. The van der Waals surface area contributed by atoms with Gasteiger partial charge in [0.15, 0.2) is 17.4 Å². The lowest BCUT2D eigenvalue weighted by Gasteiger charge is -2.05. The van der Waals surface area contributed by atoms with Crippen molar-refractivity contribution in [3.8, 4) is 0 Å². The van der Waals surface area contributed by atoms with Crippen molar-refractivity contribution in [2.45, 2.75) is 19.8 Å². The summed E-state index contributed by atoms with van der Waals surface area (Å²) in [7, 11) is 0. The number of hydrogen-bond donors (Lipinski definition) is 0. The number of ketones is 1. The van der Waals surface area contributed by atoms with E-state index in [9.17, 15) is 13.6 Å². The molecule has 0 fully saturated rings. The van der Waals surface area contributed by atoms with Crippen LogP contribution in [-0.4, -0.2) is 5.78 Å². The van der Waals surface area contributed by atoms with E-state index in [0.717, 1.165) is 0 Å². The first-order valence-electron chi connectivity index (χ1n) is 4.79. The van der Waals surface area contributed by atoms with Crippen LogP contribution in [-0.2, 0) is 4.79 Å². The Balaban J connectivity index is 2.55. The number of halogens is 2. The molecule has 0 aromatic heterocycles. The number of carbonyl (C=O) groups excluding carboxylic acids is 1. The molecule has 0 spiro atoms. The summed E-state index contributed by atoms with van der Waals surface area (Å²) in [6, 6.07) is 2.95. The monoisotopic (exact) mass is 208 g/mol. The molecule has 0 bridgehead atoms. The predicted octanol–water partition coefficient (Wildman–Crippen LogP) is 3.02. The first kappa shape index (κ1) is 10.0. The highest BCUT2D eigenvalue weighted by Crippen LogP contribution is 2.28. The van der Waals surface area contributed by atoms with Crippen LogP contribution in [0.4, 0.5) is 8.78 Å². The van der Waals surface area contributed by atoms with Crippen molar-refractivity contribution in [1.29, 1.82) is 0 Å². The van der Waals surface area contributed by atoms with Crippen LogP contribution in [0, 0.1) is 18.6 Å². The molecule has 2 rings (SSSR count). The van der Waals surface area contributed by atoms with Crippen LogP contribution >= 0.6 is 0 Å². The fourth-order valence-electron chi connectivity index (χ4n) is 1.71. The van der Waals surface area contributed by atoms with Gasteiger partial charge in [-0.25, -0.2) is 8.78 Å². The second kappa shape index (κ2) is 3.57. The maximum absolute atomic E-state index is 13.5. The van der Waals surface area contributed by atoms with Crippen molar-refractivity contribution in [2.75, 3.05) is 0 Å². The van der Waals surface area contributed by atoms with Crippen LogP contribution in [0.15, 0.2) is 18.2 Å². The van der Waals surface area contributed by atoms with E-state index in [1.54, 1.807) is 6.08 Å². The molecule has 0 heterocycles. The van der Waals surface area contributed by atoms with Crippen molar-refractivity contribution in [2.24, 2.45) is 0 Å². The number of rotatable bonds is 1. The molecule has 0 radical (unpaired) electrons. The second-order valence-corrected chi connectivity index (χ2v) is 3.64. The molecule has 1 aliphatic carbocycles. The van der Waals surface area contributed by atoms with Crippen LogP contribution in [0.3, 0.4) is 0 Å². The fourth-order valence-corrected chi connectivity index (χ4v) is 1.71. The lowest BCUT2D eigenvalue weighted by Crippen LogP contribution is -2.01. The van der Waals surface area contributed by atoms with Crippen LogP contribution in [0.1, 0.15) is 24.0 Å². The summed E-state index contributed by atoms with van der Waals surface area (Å²) >= 11 is 0. The van der Waals surface area contributed by atoms with E-state index in [-0.39, 0.29) is 16.9 Å². The Kier molecular flexibility index (Phi) is 2.39. The van der Waals surface area contributed by atoms with E-state index in [0.29, 0.717) is 18.4 Å². The third kappa shape index (κ3) is 1.58. The van der Waals surface area contributed by atoms with E-state index in [1.807, 2.05) is 0 Å². The van der Waals surface area contributed by atoms with Crippen LogP contribution in [0.2, 0.25) is 0 Å². The van der Waals surface area contributed by atoms with E-state index in [1.165, 1.54) is 19.1 Å². The van der Waals surface area contributed by atoms with Gasteiger partial charge in [-0.2, -0.15) is 0 Å². The highest BCUT2D eigenvalue weighted by molar-refractivity contribution is 6.22. The predicted molar refractivity (Wildman–Crippen MR) is 53.3 cm³/mol. The average molecular weight is 208 g/mol. The molecule has 0 amide bonds. The number of benzene rings is 1. The molecule has 0 aliphatic heterocycles. The van der Waals surface area contributed by atoms with Crippen molar-refractivity contribution in [3.63, 3.8) is 0 Å². The molecule has 15 heavy (non-hydrogen) atoms. The van der Waals surface area contributed by atoms with Crippen molar-refractivity contribution in [3.05, 3.63) is 41.0 Å². The molecule has 3 heteroatoms. The molecular formula is C12H10F2O. The second-order valence-electron chi connectivity index (χ2n) is 3.64. The molecule has 0 N–H and O–H groups in total. The Morgan fingerprint density at radius 3 is 2.53 bits per heavy atom. The van der Waals surface area contributed by atoms with Gasteiger partial charge in [-0.1, -0.05) is 18.2 Å². The van der Waals surface area contributed by atoms with E-state index < -0.39 is 11.6 Å². The zero-order chi connectivity index (χ0) is 11.0. The highest BCUT2D eigenvalue weighted by Gasteiger charge is 2.21. The van der Waals surface area contributed by atoms with Gasteiger partial charge in [-0.05, 0) is 18.9 Å². The number of carbonyl (C=O) groups is 1. The smallest absolute Gasteiger partial charge is 0.167 e. The van der Waals surface area contributed by atoms with Gasteiger partial charge in [0.05, 0.1) is 0 Å². The highest BCUT2D eigenvalue weighted by atomic mass is 19.2. The van der Waals surface area contributed by atoms with E-state index in [4.69, 9.17) is 0 Å². The molecule has 1 aliphatic rings. The van der Waals surface area contributed by atoms with Crippen molar-refractivity contribution >= 4 is 11.4 Å². The van der Waals surface area contributed by atoms with Crippen molar-refractivity contribution < 1.29 is 13.6 Å². The summed E-state index contributed by atoms with van der Waals surface area (Å²) in [5, 5.41) is 0. The summed E-state index contributed by atoms with van der Waals surface area (Å²) in [6.45, 7) is 1.49. The number of aryl methyl sites for hydroxylation is 1. The SMILES string of the molecule is Cc1ccc(C2=CCCC2=O)c(F)c1F. The first-order chi connectivity index (χ1) is 7.11. The van der Waals surface area contributed by atoms with Crippen LogP contribution in [0.25, 0.3) is 5.57 Å². The van der Waals surface area contributed by atoms with Crippen LogP contribution in [0.5, 0.6) is 0 Å². The number of Topliss-reactive ketones (excluding diaryl/α,β-unsaturated/α-hetero) is 1. The van der Waals surface area contributed by atoms with Gasteiger partial charge in [-0.3, -0.25) is 4.79 Å². The van der Waals surface area contributed by atoms with Gasteiger partial charge < -0.3 is 0 Å². The van der Waals surface area contributed by atoms with Gasteiger partial charge in [-0.15, -0.1) is 0 Å². The average Bonchev–Trinajstić information content (AvgIpc) is 2.62. The van der Waals surface area contributed by atoms with E-state index >= 15 is 0 Å². The third-order valence-corrected chi connectivity index (χ3v) is 2.59. The lowest BCUT2D eigenvalue weighted by atomic mass is 10.0. The summed E-state index contributed by atoms with van der Waals surface area (Å²) in [6.07, 6.45) is 2.67. The fraction of sp³-hybridized carbons (Fsp3) is 0.250. The Morgan fingerprint density at radius 2 is 1.93 bits per heavy atom. The third-order valence-electron chi connectivity index (χ3n) is 2.59. The number of allylic oxidation sites excluding steroid dienone is 2. The minimum atomic E-state index is -0.920. The standard InChI is InChI=1S/C12H10F2O/c1-7-5-6-9(12(14)11(7)13)8-3-2-4-10(8)15/h3,5-6H,2,4H2,1H3. The molecule has 0 unspecified atom stereocenters. The van der Waals surface area contributed by atoms with Gasteiger partial charge in [0.2, 0.25) is 0 Å². The van der Waals surface area contributed by atoms with Gasteiger partial charge >= 0.3 is 0 Å². The largest absolute Gasteiger partial charge is 0.294 e. The molecule has 1 aromatic rings. The Labute approximate surface area is 86.4 Å². The first-order valence-corrected chi connectivity index (χ1v) is 4.79. The van der Waals surface area contributed by atoms with E-state index in [2.05, 4.69) is 0 Å². The molecule has 0 atom stereocenters. The summed E-state index contributed by atoms with van der Waals surface area (Å²) in [5.41, 5.74) is 0.647. The Morgan fingerprint density at radius 1 is 1.20 bits per heavy atom. The summed E-state index contributed by atoms with van der Waals surface area (Å²) in [4.78, 5) is 11.4. The molecule has 0 saturated heterocycles. The minimum absolute atomic E-state index is 0.0839. The molecule has 78 valence electrons. The van der Waals surface area contributed by atoms with Gasteiger partial charge in [0.1, 0.15) is 0 Å². The maximum Gasteiger partial charge on any atom is 0.167 e. The molecule has 1 aromatic carbocycles. The zero-order valence-electron chi connectivity index (χ0n) is 8.31. The molecule has 1 nitrogen and oxygen atoms in total. The van der Waals surface area contributed by atoms with Crippen molar-refractivity contribution in [1.82, 2.24) is 0 Å². The Hall–Kier alpha value is -1.51. The van der Waals surface area contributed by atoms with Gasteiger partial charge in [0.25, 0.3) is 0 Å². The topological polar surface area (TPSA) is 17.1 Å². The normalized spacial score (nSPS) is 15.7. The zero-order valence-corrected chi connectivity index (χ0v) is 8.31.